The third-order valence-electron chi connectivity index (χ3n) is 12.6. The minimum Gasteiger partial charge on any atom is 2.00 e. The molecule has 0 spiro atoms. The maximum absolute atomic E-state index is 13.7. The Balaban J connectivity index is 0.00000672. The van der Waals surface area contributed by atoms with E-state index in [9.17, 15) is 29.1 Å². The first-order valence-electron chi connectivity index (χ1n) is 23.8. The molecule has 4 aromatic heterocycles. The third-order valence-corrected chi connectivity index (χ3v) is 17.5. The molecule has 0 aliphatic rings. The minimum absolute atomic E-state index is 0. The van der Waals surface area contributed by atoms with Crippen molar-refractivity contribution in [2.45, 2.75) is 52.9 Å². The van der Waals surface area contributed by atoms with Gasteiger partial charge in [-0.1, -0.05) is 0 Å². The predicted molar refractivity (Wildman–Crippen MR) is 275 cm³/mol. The number of benzene rings is 6. The second-order valence-electron chi connectivity index (χ2n) is 18.8. The van der Waals surface area contributed by atoms with Crippen LogP contribution < -0.4 is 4.74 Å². The van der Waals surface area contributed by atoms with Gasteiger partial charge in [0.25, 0.3) is 0 Å². The van der Waals surface area contributed by atoms with E-state index >= 15 is 0 Å². The minimum atomic E-state index is -4.35. The molecular formula is C60H44F6N2OPtSe2. The number of nitrogens with zero attached hydrogens (tertiary/aromatic N) is 2. The first-order valence-corrected chi connectivity index (χ1v) is 26.2. The maximum Gasteiger partial charge on any atom is 2.00 e. The van der Waals surface area contributed by atoms with Gasteiger partial charge in [-0.15, -0.1) is 0 Å². The van der Waals surface area contributed by atoms with Crippen LogP contribution in [0.4, 0.5) is 26.3 Å². The van der Waals surface area contributed by atoms with Crippen LogP contribution in [0, 0.1) is 23.0 Å². The molecule has 0 saturated carbocycles. The fourth-order valence-electron chi connectivity index (χ4n) is 8.38. The molecule has 6 aromatic carbocycles. The molecule has 0 saturated heterocycles. The van der Waals surface area contributed by atoms with Crippen molar-refractivity contribution in [2.24, 2.45) is 10.8 Å². The number of hydrogen-bond acceptors (Lipinski definition) is 3. The molecular weight excluding hydrogens is 1230 g/mol. The summed E-state index contributed by atoms with van der Waals surface area (Å²) < 4.78 is 111. The zero-order valence-electron chi connectivity index (χ0n) is 41.1. The van der Waals surface area contributed by atoms with E-state index in [2.05, 4.69) is 12.1 Å². The fraction of sp³-hybridized carbons (Fsp3) is 0.167. The van der Waals surface area contributed by atoms with Gasteiger partial charge in [0.2, 0.25) is 0 Å². The summed E-state index contributed by atoms with van der Waals surface area (Å²) in [6, 6.07) is 53.1. The summed E-state index contributed by atoms with van der Waals surface area (Å²) in [5.41, 5.74) is 5.05. The second kappa shape index (κ2) is 20.3. The second-order valence-corrected chi connectivity index (χ2v) is 23.1. The molecule has 0 aliphatic heterocycles. The van der Waals surface area contributed by atoms with E-state index in [1.54, 1.807) is 36.7 Å². The summed E-state index contributed by atoms with van der Waals surface area (Å²) in [6.07, 6.45) is -5.66. The Bertz CT molecular complexity index is 3410. The van der Waals surface area contributed by atoms with E-state index in [-0.39, 0.29) is 62.9 Å². The van der Waals surface area contributed by atoms with Gasteiger partial charge < -0.3 is 0 Å². The molecule has 72 heavy (non-hydrogen) atoms. The third kappa shape index (κ3) is 10.8. The zero-order valence-corrected chi connectivity index (χ0v) is 44.8. The predicted octanol–water partition coefficient (Wildman–Crippen LogP) is 16.6. The number of alkyl halides is 6. The van der Waals surface area contributed by atoms with Gasteiger partial charge in [-0.3, -0.25) is 0 Å². The smallest absolute Gasteiger partial charge is 2.00 e. The van der Waals surface area contributed by atoms with Gasteiger partial charge in [-0.2, -0.15) is 0 Å². The van der Waals surface area contributed by atoms with Crippen molar-refractivity contribution in [3.8, 4) is 76.3 Å². The van der Waals surface area contributed by atoms with Crippen molar-refractivity contribution in [2.75, 3.05) is 0 Å². The van der Waals surface area contributed by atoms with E-state index in [1.165, 1.54) is 27.7 Å². The van der Waals surface area contributed by atoms with E-state index in [0.29, 0.717) is 57.2 Å². The summed E-state index contributed by atoms with van der Waals surface area (Å²) in [6.45, 7) is 4.81. The summed E-state index contributed by atoms with van der Waals surface area (Å²) in [4.78, 5) is 9.77. The molecule has 4 heterocycles. The number of ether oxygens (including phenoxy) is 1. The average molecular weight is 1280 g/mol. The van der Waals surface area contributed by atoms with Gasteiger partial charge in [0.15, 0.2) is 0 Å². The number of rotatable bonds is 12. The Hall–Kier alpha value is -5.79. The Morgan fingerprint density at radius 1 is 0.486 bits per heavy atom. The molecule has 0 N–H and O–H groups in total. The van der Waals surface area contributed by atoms with Gasteiger partial charge in [0, 0.05) is 0 Å². The van der Waals surface area contributed by atoms with E-state index in [0.717, 1.165) is 61.5 Å². The van der Waals surface area contributed by atoms with E-state index in [4.69, 9.17) is 14.7 Å². The first kappa shape index (κ1) is 48.5. The van der Waals surface area contributed by atoms with Gasteiger partial charge in [-0.25, -0.2) is 0 Å². The molecule has 10 aromatic rings. The van der Waals surface area contributed by atoms with Crippen molar-refractivity contribution < 1.29 is 54.9 Å². The SMILES string of the molecule is [2H]c1c(-c2ccc(CC(C)(C)C(F)(F)F)cc2)[se]c2c(-c3[c-]c(Oc4[c-]c(-c5nccc6c([2H])c(-c7ccc(CC(C)(C)C(F)(F)F)cc7)[se]c56)cc(-c5ccccc5)c4)cc(-c4ccccc4)c3)nccc12.[Pt+2]. The average Bonchev–Trinajstić information content (AvgIpc) is 3.89. The first-order chi connectivity index (χ1) is 34.7. The van der Waals surface area contributed by atoms with Crippen molar-refractivity contribution >= 4 is 48.3 Å². The van der Waals surface area contributed by atoms with Gasteiger partial charge in [-0.05, 0) is 0 Å². The largest absolute Gasteiger partial charge is 2.00 e. The van der Waals surface area contributed by atoms with Crippen LogP contribution in [0.3, 0.4) is 0 Å². The number of fused-ring (bicyclic) bond motifs is 2. The molecule has 0 aliphatic carbocycles. The van der Waals surface area contributed by atoms with Crippen LogP contribution >= 0.6 is 0 Å². The molecule has 0 unspecified atom stereocenters. The van der Waals surface area contributed by atoms with Gasteiger partial charge in [0.1, 0.15) is 0 Å². The van der Waals surface area contributed by atoms with Crippen LogP contribution in [0.2, 0.25) is 0 Å². The van der Waals surface area contributed by atoms with Crippen LogP contribution in [0.25, 0.3) is 84.1 Å². The Labute approximate surface area is 443 Å². The standard InChI is InChI=1S/C60H44F6N2OSe2.Pt/c1-57(2,59(61,62)63)35-37-15-19-41(20-16-37)51-33-43-23-25-67-53(55(43)70-51)47-27-45(39-11-7-5-8-12-39)29-49(31-47)69-50-30-46(40-13-9-6-10-14-40)28-48(32-50)54-56-44(24-26-68-54)34-52(71-56)42-21-17-38(18-22-42)36-58(3,4)60(64,65)66;/h5-30,33-34H,35-36H2,1-4H3;/q-2;+2/i33D,34D;. The van der Waals surface area contributed by atoms with E-state index < -0.39 is 23.2 Å². The fourth-order valence-corrected chi connectivity index (χ4v) is 13.0. The molecule has 10 rings (SSSR count). The summed E-state index contributed by atoms with van der Waals surface area (Å²) >= 11 is -0.773. The summed E-state index contributed by atoms with van der Waals surface area (Å²) in [5.74, 6) is 0.778. The normalized spacial score (nSPS) is 12.7. The Morgan fingerprint density at radius 3 is 1.22 bits per heavy atom. The number of halogens is 6. The monoisotopic (exact) mass is 1280 g/mol. The summed E-state index contributed by atoms with van der Waals surface area (Å²) in [7, 11) is 0. The molecule has 0 fully saturated rings. The van der Waals surface area contributed by atoms with Crippen molar-refractivity contribution in [3.05, 3.63) is 193 Å². The zero-order chi connectivity index (χ0) is 51.5. The van der Waals surface area contributed by atoms with Crippen LogP contribution in [0.5, 0.6) is 11.5 Å². The molecule has 0 atom stereocenters. The molecule has 0 amide bonds. The van der Waals surface area contributed by atoms with Crippen LogP contribution in [0.15, 0.2) is 170 Å². The van der Waals surface area contributed by atoms with Crippen LogP contribution in [-0.2, 0) is 33.9 Å². The molecule has 0 radical (unpaired) electrons. The molecule has 0 bridgehead atoms. The Kier molecular flexibility index (Phi) is 13.6. The van der Waals surface area contributed by atoms with Crippen molar-refractivity contribution in [1.82, 2.24) is 9.97 Å². The van der Waals surface area contributed by atoms with Crippen molar-refractivity contribution in [1.29, 1.82) is 0 Å². The number of pyridine rings is 2. The molecule has 12 heteroatoms. The van der Waals surface area contributed by atoms with Crippen molar-refractivity contribution in [3.63, 3.8) is 0 Å². The molecule has 3 nitrogen and oxygen atoms in total. The van der Waals surface area contributed by atoms with Gasteiger partial charge >= 0.3 is 446 Å². The summed E-state index contributed by atoms with van der Waals surface area (Å²) in [5, 5.41) is 1.47. The topological polar surface area (TPSA) is 35.0 Å². The Morgan fingerprint density at radius 2 is 0.861 bits per heavy atom. The van der Waals surface area contributed by atoms with Crippen LogP contribution in [-0.4, -0.2) is 51.3 Å². The number of aromatic nitrogens is 2. The maximum atomic E-state index is 13.7. The quantitative estimate of drug-likeness (QED) is 0.0695. The van der Waals surface area contributed by atoms with E-state index in [1.807, 2.05) is 121 Å². The number of hydrogen-bond donors (Lipinski definition) is 0. The van der Waals surface area contributed by atoms with Crippen LogP contribution in [0.1, 0.15) is 41.6 Å². The molecule has 364 valence electrons. The van der Waals surface area contributed by atoms with Gasteiger partial charge in [0.05, 0.1) is 0 Å².